The first kappa shape index (κ1) is 15.3. The Labute approximate surface area is 120 Å². The molecular weight excluding hydrogens is 285 g/mol. The maximum absolute atomic E-state index is 13.2. The minimum Gasteiger partial charge on any atom is -0.368 e. The van der Waals surface area contributed by atoms with E-state index in [2.05, 4.69) is 0 Å². The van der Waals surface area contributed by atoms with Gasteiger partial charge in [-0.3, -0.25) is 10.1 Å². The standard InChI is InChI=1S/C14H15F3N2O2/c15-14(16,17)13(18-8-2-1-3-9-18)10-11-4-6-12(7-5-11)19(20)21/h4-7,10H,1-3,8-9H2/b13-10-. The Morgan fingerprint density at radius 3 is 2.19 bits per heavy atom. The van der Waals surface area contributed by atoms with E-state index in [-0.39, 0.29) is 5.69 Å². The summed E-state index contributed by atoms with van der Waals surface area (Å²) in [6, 6.07) is 5.06. The summed E-state index contributed by atoms with van der Waals surface area (Å²) in [4.78, 5) is 11.3. The van der Waals surface area contributed by atoms with Crippen LogP contribution in [0.25, 0.3) is 6.08 Å². The zero-order chi connectivity index (χ0) is 15.5. The van der Waals surface area contributed by atoms with Crippen LogP contribution in [0.15, 0.2) is 30.0 Å². The number of likely N-dealkylation sites (tertiary alicyclic amines) is 1. The van der Waals surface area contributed by atoms with Crippen molar-refractivity contribution < 1.29 is 18.1 Å². The van der Waals surface area contributed by atoms with Crippen molar-refractivity contribution in [3.05, 3.63) is 45.6 Å². The van der Waals surface area contributed by atoms with Crippen LogP contribution in [-0.4, -0.2) is 29.1 Å². The second-order valence-electron chi connectivity index (χ2n) is 4.92. The SMILES string of the molecule is O=[N+]([O-])c1ccc(/C=C(\N2CCCCC2)C(F)(F)F)cc1. The van der Waals surface area contributed by atoms with Gasteiger partial charge in [-0.05, 0) is 43.0 Å². The van der Waals surface area contributed by atoms with Crippen LogP contribution in [0, 0.1) is 10.1 Å². The molecule has 1 aliphatic rings. The van der Waals surface area contributed by atoms with E-state index in [4.69, 9.17) is 0 Å². The van der Waals surface area contributed by atoms with Gasteiger partial charge in [0, 0.05) is 25.2 Å². The Kier molecular flexibility index (Phi) is 4.50. The Bertz CT molecular complexity index is 532. The molecule has 1 aromatic rings. The largest absolute Gasteiger partial charge is 0.431 e. The summed E-state index contributed by atoms with van der Waals surface area (Å²) in [5, 5.41) is 10.5. The summed E-state index contributed by atoms with van der Waals surface area (Å²) in [6.07, 6.45) is -0.950. The predicted octanol–water partition coefficient (Wildman–Crippen LogP) is 3.98. The van der Waals surface area contributed by atoms with E-state index in [1.165, 1.54) is 29.2 Å². The molecule has 0 aliphatic carbocycles. The molecule has 0 saturated carbocycles. The molecule has 1 fully saturated rings. The lowest BCUT2D eigenvalue weighted by Gasteiger charge is -2.32. The van der Waals surface area contributed by atoms with E-state index in [1.807, 2.05) is 0 Å². The fourth-order valence-electron chi connectivity index (χ4n) is 2.34. The number of nitro benzene ring substituents is 1. The smallest absolute Gasteiger partial charge is 0.368 e. The molecule has 0 N–H and O–H groups in total. The van der Waals surface area contributed by atoms with Crippen LogP contribution < -0.4 is 0 Å². The van der Waals surface area contributed by atoms with Gasteiger partial charge in [0.1, 0.15) is 5.70 Å². The summed E-state index contributed by atoms with van der Waals surface area (Å²) < 4.78 is 39.5. The number of nitro groups is 1. The molecule has 0 spiro atoms. The van der Waals surface area contributed by atoms with Crippen LogP contribution in [-0.2, 0) is 0 Å². The van der Waals surface area contributed by atoms with Gasteiger partial charge in [0.2, 0.25) is 0 Å². The second kappa shape index (κ2) is 6.15. The maximum atomic E-state index is 13.2. The van der Waals surface area contributed by atoms with Crippen LogP contribution in [0.1, 0.15) is 24.8 Å². The van der Waals surface area contributed by atoms with Gasteiger partial charge in [-0.2, -0.15) is 13.2 Å². The number of halogens is 3. The third kappa shape index (κ3) is 3.96. The van der Waals surface area contributed by atoms with E-state index in [1.54, 1.807) is 0 Å². The third-order valence-corrected chi connectivity index (χ3v) is 3.39. The Balaban J connectivity index is 2.29. The van der Waals surface area contributed by atoms with Crippen molar-refractivity contribution in [2.45, 2.75) is 25.4 Å². The molecule has 1 aliphatic heterocycles. The number of piperidine rings is 1. The quantitative estimate of drug-likeness (QED) is 0.626. The van der Waals surface area contributed by atoms with Crippen molar-refractivity contribution in [3.63, 3.8) is 0 Å². The number of allylic oxidation sites excluding steroid dienone is 1. The molecule has 2 rings (SSSR count). The molecule has 21 heavy (non-hydrogen) atoms. The minimum atomic E-state index is -4.43. The highest BCUT2D eigenvalue weighted by Crippen LogP contribution is 2.32. The minimum absolute atomic E-state index is 0.140. The van der Waals surface area contributed by atoms with Gasteiger partial charge in [0.15, 0.2) is 0 Å². The van der Waals surface area contributed by atoms with Crippen LogP contribution >= 0.6 is 0 Å². The van der Waals surface area contributed by atoms with Crippen LogP contribution in [0.5, 0.6) is 0 Å². The number of hydrogen-bond acceptors (Lipinski definition) is 3. The molecule has 0 bridgehead atoms. The lowest BCUT2D eigenvalue weighted by atomic mass is 10.1. The van der Waals surface area contributed by atoms with Crippen LogP contribution in [0.2, 0.25) is 0 Å². The molecule has 1 heterocycles. The first-order valence-corrected chi connectivity index (χ1v) is 6.66. The van der Waals surface area contributed by atoms with E-state index in [0.717, 1.165) is 25.3 Å². The normalized spacial score (nSPS) is 16.9. The number of alkyl halides is 3. The molecule has 0 amide bonds. The number of nitrogens with zero attached hydrogens (tertiary/aromatic N) is 2. The van der Waals surface area contributed by atoms with Gasteiger partial charge in [-0.1, -0.05) is 0 Å². The monoisotopic (exact) mass is 300 g/mol. The first-order valence-electron chi connectivity index (χ1n) is 6.66. The van der Waals surface area contributed by atoms with Gasteiger partial charge in [-0.15, -0.1) is 0 Å². The van der Waals surface area contributed by atoms with Gasteiger partial charge >= 0.3 is 6.18 Å². The molecule has 0 atom stereocenters. The highest BCUT2D eigenvalue weighted by Gasteiger charge is 2.37. The molecule has 0 unspecified atom stereocenters. The molecule has 114 valence electrons. The van der Waals surface area contributed by atoms with Crippen molar-refractivity contribution in [2.24, 2.45) is 0 Å². The van der Waals surface area contributed by atoms with Crippen molar-refractivity contribution in [3.8, 4) is 0 Å². The van der Waals surface area contributed by atoms with Gasteiger partial charge < -0.3 is 4.90 Å². The Hall–Kier alpha value is -2.05. The Morgan fingerprint density at radius 2 is 1.71 bits per heavy atom. The van der Waals surface area contributed by atoms with Crippen molar-refractivity contribution in [1.29, 1.82) is 0 Å². The summed E-state index contributed by atoms with van der Waals surface area (Å²) in [5.74, 6) is 0. The third-order valence-electron chi connectivity index (χ3n) is 3.39. The molecule has 1 saturated heterocycles. The fraction of sp³-hybridized carbons (Fsp3) is 0.429. The number of non-ortho nitro benzene ring substituents is 1. The van der Waals surface area contributed by atoms with Crippen molar-refractivity contribution in [2.75, 3.05) is 13.1 Å². The van der Waals surface area contributed by atoms with Crippen molar-refractivity contribution in [1.82, 2.24) is 4.90 Å². The summed E-state index contributed by atoms with van der Waals surface area (Å²) in [7, 11) is 0. The number of rotatable bonds is 3. The van der Waals surface area contributed by atoms with Crippen LogP contribution in [0.4, 0.5) is 18.9 Å². The molecule has 4 nitrogen and oxygen atoms in total. The summed E-state index contributed by atoms with van der Waals surface area (Å²) in [5.41, 5.74) is -0.520. The summed E-state index contributed by atoms with van der Waals surface area (Å²) in [6.45, 7) is 0.774. The van der Waals surface area contributed by atoms with E-state index >= 15 is 0 Å². The maximum Gasteiger partial charge on any atom is 0.431 e. The Morgan fingerprint density at radius 1 is 1.14 bits per heavy atom. The molecule has 1 aromatic carbocycles. The van der Waals surface area contributed by atoms with E-state index in [0.29, 0.717) is 18.7 Å². The predicted molar refractivity (Wildman–Crippen MR) is 72.6 cm³/mol. The zero-order valence-corrected chi connectivity index (χ0v) is 11.3. The topological polar surface area (TPSA) is 46.4 Å². The fourth-order valence-corrected chi connectivity index (χ4v) is 2.34. The average molecular weight is 300 g/mol. The molecule has 0 aromatic heterocycles. The van der Waals surface area contributed by atoms with Crippen molar-refractivity contribution >= 4 is 11.8 Å². The van der Waals surface area contributed by atoms with E-state index in [9.17, 15) is 23.3 Å². The lowest BCUT2D eigenvalue weighted by molar-refractivity contribution is -0.384. The highest BCUT2D eigenvalue weighted by atomic mass is 19.4. The lowest BCUT2D eigenvalue weighted by Crippen LogP contribution is -2.35. The van der Waals surface area contributed by atoms with Crippen LogP contribution in [0.3, 0.4) is 0 Å². The number of hydrogen-bond donors (Lipinski definition) is 0. The number of benzene rings is 1. The van der Waals surface area contributed by atoms with E-state index < -0.39 is 16.8 Å². The van der Waals surface area contributed by atoms with Gasteiger partial charge in [0.25, 0.3) is 5.69 Å². The highest BCUT2D eigenvalue weighted by molar-refractivity contribution is 5.55. The zero-order valence-electron chi connectivity index (χ0n) is 11.3. The first-order chi connectivity index (χ1) is 9.88. The van der Waals surface area contributed by atoms with Gasteiger partial charge in [-0.25, -0.2) is 0 Å². The average Bonchev–Trinajstić information content (AvgIpc) is 2.45. The summed E-state index contributed by atoms with van der Waals surface area (Å²) >= 11 is 0. The molecular formula is C14H15F3N2O2. The van der Waals surface area contributed by atoms with Gasteiger partial charge in [0.05, 0.1) is 4.92 Å². The molecule has 0 radical (unpaired) electrons. The second-order valence-corrected chi connectivity index (χ2v) is 4.92. The molecule has 7 heteroatoms.